The molecule has 2 rings (SSSR count). The molecule has 0 fully saturated rings. The van der Waals surface area contributed by atoms with E-state index in [-0.39, 0.29) is 0 Å². The van der Waals surface area contributed by atoms with E-state index in [0.29, 0.717) is 0 Å². The molecule has 0 aliphatic rings. The van der Waals surface area contributed by atoms with Crippen LogP contribution in [-0.4, -0.2) is 9.97 Å². The maximum Gasteiger partial charge on any atom is 0.134 e. The summed E-state index contributed by atoms with van der Waals surface area (Å²) >= 11 is 0. The fourth-order valence-corrected chi connectivity index (χ4v) is 1.20. The lowest BCUT2D eigenvalue weighted by atomic mass is 10.3. The average Bonchev–Trinajstić information content (AvgIpc) is 2.44. The molecule has 18 heavy (non-hydrogen) atoms. The maximum absolute atomic E-state index is 4.25. The predicted molar refractivity (Wildman–Crippen MR) is 79.2 cm³/mol. The number of aromatic nitrogens is 2. The van der Waals surface area contributed by atoms with E-state index in [9.17, 15) is 0 Å². The first-order valence-electron chi connectivity index (χ1n) is 6.46. The lowest BCUT2D eigenvalue weighted by Crippen LogP contribution is -1.95. The van der Waals surface area contributed by atoms with E-state index in [1.807, 2.05) is 71.0 Å². The molecule has 2 aromatic rings. The zero-order valence-electron chi connectivity index (χ0n) is 11.9. The van der Waals surface area contributed by atoms with E-state index < -0.39 is 0 Å². The Morgan fingerprint density at radius 1 is 0.889 bits per heavy atom. The quantitative estimate of drug-likeness (QED) is 0.841. The number of benzene rings is 1. The zero-order chi connectivity index (χ0) is 13.8. The highest BCUT2D eigenvalue weighted by molar-refractivity contribution is 5.55. The van der Waals surface area contributed by atoms with Gasteiger partial charge < -0.3 is 5.32 Å². The number of nitrogens with zero attached hydrogens (tertiary/aromatic N) is 2. The van der Waals surface area contributed by atoms with Crippen molar-refractivity contribution < 1.29 is 0 Å². The third-order valence-electron chi connectivity index (χ3n) is 1.82. The van der Waals surface area contributed by atoms with Gasteiger partial charge in [0, 0.05) is 11.9 Å². The Labute approximate surface area is 110 Å². The van der Waals surface area contributed by atoms with Crippen molar-refractivity contribution >= 4 is 11.5 Å². The summed E-state index contributed by atoms with van der Waals surface area (Å²) in [4.78, 5) is 8.28. The van der Waals surface area contributed by atoms with E-state index in [4.69, 9.17) is 0 Å². The Morgan fingerprint density at radius 2 is 1.50 bits per heavy atom. The second-order valence-corrected chi connectivity index (χ2v) is 2.98. The van der Waals surface area contributed by atoms with Gasteiger partial charge in [-0.25, -0.2) is 9.97 Å². The molecule has 0 aliphatic heterocycles. The minimum absolute atomic E-state index is 0.769. The van der Waals surface area contributed by atoms with Gasteiger partial charge in [0.2, 0.25) is 0 Å². The molecule has 1 heterocycles. The first-order valence-corrected chi connectivity index (χ1v) is 6.46. The predicted octanol–water partition coefficient (Wildman–Crippen LogP) is 4.58. The SMILES string of the molecule is CC.CC.Cc1nccc(Nc2ccccc2)n1. The minimum atomic E-state index is 0.769. The molecular weight excluding hydrogens is 222 g/mol. The van der Waals surface area contributed by atoms with Crippen LogP contribution in [0.4, 0.5) is 11.5 Å². The second kappa shape index (κ2) is 10.3. The fourth-order valence-electron chi connectivity index (χ4n) is 1.20. The summed E-state index contributed by atoms with van der Waals surface area (Å²) in [5.74, 6) is 1.59. The van der Waals surface area contributed by atoms with E-state index in [2.05, 4.69) is 15.3 Å². The molecule has 0 radical (unpaired) electrons. The van der Waals surface area contributed by atoms with Crippen molar-refractivity contribution in [1.29, 1.82) is 0 Å². The molecule has 0 unspecified atom stereocenters. The van der Waals surface area contributed by atoms with Gasteiger partial charge in [0.25, 0.3) is 0 Å². The summed E-state index contributed by atoms with van der Waals surface area (Å²) in [7, 11) is 0. The van der Waals surface area contributed by atoms with Crippen molar-refractivity contribution in [2.24, 2.45) is 0 Å². The Balaban J connectivity index is 0.000000659. The smallest absolute Gasteiger partial charge is 0.134 e. The Kier molecular flexibility index (Phi) is 9.18. The van der Waals surface area contributed by atoms with Gasteiger partial charge in [0.1, 0.15) is 11.6 Å². The molecular formula is C15H23N3. The molecule has 0 saturated heterocycles. The van der Waals surface area contributed by atoms with Crippen molar-refractivity contribution in [3.8, 4) is 0 Å². The van der Waals surface area contributed by atoms with Gasteiger partial charge in [0.05, 0.1) is 0 Å². The molecule has 1 aromatic carbocycles. The van der Waals surface area contributed by atoms with Crippen molar-refractivity contribution in [1.82, 2.24) is 9.97 Å². The topological polar surface area (TPSA) is 37.8 Å². The van der Waals surface area contributed by atoms with Gasteiger partial charge in [-0.3, -0.25) is 0 Å². The van der Waals surface area contributed by atoms with Crippen LogP contribution in [0.3, 0.4) is 0 Å². The van der Waals surface area contributed by atoms with Gasteiger partial charge in [-0.1, -0.05) is 45.9 Å². The monoisotopic (exact) mass is 245 g/mol. The molecule has 0 atom stereocenters. The highest BCUT2D eigenvalue weighted by Gasteiger charge is 1.94. The highest BCUT2D eigenvalue weighted by Crippen LogP contribution is 2.12. The fraction of sp³-hybridized carbons (Fsp3) is 0.333. The van der Waals surface area contributed by atoms with Gasteiger partial charge in [-0.2, -0.15) is 0 Å². The average molecular weight is 245 g/mol. The van der Waals surface area contributed by atoms with Gasteiger partial charge in [0.15, 0.2) is 0 Å². The molecule has 0 saturated carbocycles. The molecule has 0 spiro atoms. The van der Waals surface area contributed by atoms with Gasteiger partial charge >= 0.3 is 0 Å². The van der Waals surface area contributed by atoms with Crippen molar-refractivity contribution in [3.63, 3.8) is 0 Å². The lowest BCUT2D eigenvalue weighted by Gasteiger charge is -2.04. The Hall–Kier alpha value is -1.90. The largest absolute Gasteiger partial charge is 0.340 e. The van der Waals surface area contributed by atoms with Crippen molar-refractivity contribution in [2.45, 2.75) is 34.6 Å². The first kappa shape index (κ1) is 16.1. The van der Waals surface area contributed by atoms with Gasteiger partial charge in [-0.05, 0) is 25.1 Å². The molecule has 0 aliphatic carbocycles. The van der Waals surface area contributed by atoms with Gasteiger partial charge in [-0.15, -0.1) is 0 Å². The van der Waals surface area contributed by atoms with Crippen LogP contribution in [0.5, 0.6) is 0 Å². The van der Waals surface area contributed by atoms with Crippen LogP contribution in [0.2, 0.25) is 0 Å². The van der Waals surface area contributed by atoms with Crippen LogP contribution in [0.1, 0.15) is 33.5 Å². The van der Waals surface area contributed by atoms with Crippen LogP contribution in [0.15, 0.2) is 42.6 Å². The summed E-state index contributed by atoms with van der Waals surface area (Å²) in [6.45, 7) is 9.87. The zero-order valence-corrected chi connectivity index (χ0v) is 11.9. The van der Waals surface area contributed by atoms with Crippen LogP contribution < -0.4 is 5.32 Å². The normalized spacial score (nSPS) is 8.28. The van der Waals surface area contributed by atoms with E-state index >= 15 is 0 Å². The van der Waals surface area contributed by atoms with Crippen LogP contribution in [0.25, 0.3) is 0 Å². The van der Waals surface area contributed by atoms with E-state index in [0.717, 1.165) is 17.3 Å². The third-order valence-corrected chi connectivity index (χ3v) is 1.82. The van der Waals surface area contributed by atoms with Crippen molar-refractivity contribution in [2.75, 3.05) is 5.32 Å². The summed E-state index contributed by atoms with van der Waals surface area (Å²) in [6, 6.07) is 11.8. The Bertz CT molecular complexity index is 413. The standard InChI is InChI=1S/C11H11N3.2C2H6/c1-9-12-8-7-11(13-9)14-10-5-3-2-4-6-10;2*1-2/h2-8H,1H3,(H,12,13,14);2*1-2H3. The number of rotatable bonds is 2. The maximum atomic E-state index is 4.25. The molecule has 0 bridgehead atoms. The lowest BCUT2D eigenvalue weighted by molar-refractivity contribution is 1.06. The molecule has 98 valence electrons. The van der Waals surface area contributed by atoms with Crippen LogP contribution >= 0.6 is 0 Å². The number of para-hydroxylation sites is 1. The van der Waals surface area contributed by atoms with E-state index in [1.54, 1.807) is 6.20 Å². The summed E-state index contributed by atoms with van der Waals surface area (Å²) in [5.41, 5.74) is 1.03. The highest BCUT2D eigenvalue weighted by atomic mass is 15.0. The molecule has 3 nitrogen and oxygen atoms in total. The molecule has 3 heteroatoms. The Morgan fingerprint density at radius 3 is 2.06 bits per heavy atom. The summed E-state index contributed by atoms with van der Waals surface area (Å²) < 4.78 is 0. The van der Waals surface area contributed by atoms with Crippen LogP contribution in [0, 0.1) is 6.92 Å². The first-order chi connectivity index (χ1) is 8.84. The second-order valence-electron chi connectivity index (χ2n) is 2.98. The molecule has 0 amide bonds. The van der Waals surface area contributed by atoms with E-state index in [1.165, 1.54) is 0 Å². The number of aryl methyl sites for hydroxylation is 1. The molecule has 1 aromatic heterocycles. The summed E-state index contributed by atoms with van der Waals surface area (Å²) in [6.07, 6.45) is 1.74. The van der Waals surface area contributed by atoms with Crippen LogP contribution in [-0.2, 0) is 0 Å². The third kappa shape index (κ3) is 5.99. The van der Waals surface area contributed by atoms with Crippen molar-refractivity contribution in [3.05, 3.63) is 48.4 Å². The number of nitrogens with one attached hydrogen (secondary N) is 1. The number of anilines is 2. The summed E-state index contributed by atoms with van der Waals surface area (Å²) in [5, 5.41) is 3.19. The number of hydrogen-bond donors (Lipinski definition) is 1. The minimum Gasteiger partial charge on any atom is -0.340 e. The number of hydrogen-bond acceptors (Lipinski definition) is 3. The molecule has 1 N–H and O–H groups in total.